The minimum atomic E-state index is -1.04. The number of hydrogen-bond acceptors (Lipinski definition) is 4. The number of pyridine rings is 1. The van der Waals surface area contributed by atoms with Crippen LogP contribution in [-0.2, 0) is 14.3 Å². The Morgan fingerprint density at radius 2 is 2.33 bits per heavy atom. The fourth-order valence-corrected chi connectivity index (χ4v) is 2.34. The number of hydrogen-bond donors (Lipinski definition) is 2. The lowest BCUT2D eigenvalue weighted by Gasteiger charge is -2.16. The predicted octanol–water partition coefficient (Wildman–Crippen LogP) is 1.93. The van der Waals surface area contributed by atoms with E-state index in [0.29, 0.717) is 24.5 Å². The van der Waals surface area contributed by atoms with Gasteiger partial charge in [-0.1, -0.05) is 13.0 Å². The Labute approximate surface area is 122 Å². The number of carboxylic acid groups (broad SMARTS) is 1. The molecule has 1 aromatic rings. The minimum Gasteiger partial charge on any atom is -0.478 e. The summed E-state index contributed by atoms with van der Waals surface area (Å²) in [5.74, 6) is -0.893. The Hall–Kier alpha value is -2.21. The van der Waals surface area contributed by atoms with Crippen molar-refractivity contribution in [1.29, 1.82) is 0 Å². The van der Waals surface area contributed by atoms with Crippen molar-refractivity contribution >= 4 is 23.8 Å². The van der Waals surface area contributed by atoms with Gasteiger partial charge in [0.25, 0.3) is 0 Å². The fourth-order valence-electron chi connectivity index (χ4n) is 2.34. The molecular weight excluding hydrogens is 272 g/mol. The molecule has 2 unspecified atom stereocenters. The fraction of sp³-hybridized carbons (Fsp3) is 0.400. The Bertz CT molecular complexity index is 556. The molecule has 6 nitrogen and oxygen atoms in total. The zero-order valence-electron chi connectivity index (χ0n) is 11.8. The number of nitrogens with one attached hydrogen (secondary N) is 1. The first-order valence-electron chi connectivity index (χ1n) is 6.90. The van der Waals surface area contributed by atoms with Gasteiger partial charge < -0.3 is 15.2 Å². The molecule has 0 spiro atoms. The highest BCUT2D eigenvalue weighted by Gasteiger charge is 2.32. The highest BCUT2D eigenvalue weighted by molar-refractivity contribution is 5.92. The lowest BCUT2D eigenvalue weighted by atomic mass is 9.99. The van der Waals surface area contributed by atoms with Gasteiger partial charge in [-0.05, 0) is 31.1 Å². The van der Waals surface area contributed by atoms with Crippen LogP contribution in [0.2, 0.25) is 0 Å². The zero-order chi connectivity index (χ0) is 15.2. The van der Waals surface area contributed by atoms with E-state index >= 15 is 0 Å². The van der Waals surface area contributed by atoms with E-state index in [9.17, 15) is 9.59 Å². The second-order valence-electron chi connectivity index (χ2n) is 4.82. The van der Waals surface area contributed by atoms with Crippen LogP contribution < -0.4 is 5.32 Å². The van der Waals surface area contributed by atoms with E-state index in [-0.39, 0.29) is 17.9 Å². The number of aromatic nitrogens is 1. The van der Waals surface area contributed by atoms with Crippen LogP contribution in [0.1, 0.15) is 25.5 Å². The average molecular weight is 290 g/mol. The molecule has 1 amide bonds. The molecule has 0 radical (unpaired) electrons. The van der Waals surface area contributed by atoms with Gasteiger partial charge in [0.2, 0.25) is 5.91 Å². The third-order valence-corrected chi connectivity index (χ3v) is 3.37. The number of anilines is 1. The number of carboxylic acids is 1. The monoisotopic (exact) mass is 290 g/mol. The molecule has 1 aliphatic rings. The maximum atomic E-state index is 12.2. The van der Waals surface area contributed by atoms with Crippen LogP contribution in [0.5, 0.6) is 0 Å². The first-order chi connectivity index (χ1) is 10.1. The Kier molecular flexibility index (Phi) is 5.05. The summed E-state index contributed by atoms with van der Waals surface area (Å²) in [4.78, 5) is 26.9. The number of ether oxygens (including phenoxy) is 1. The molecule has 1 aromatic heterocycles. The van der Waals surface area contributed by atoms with Crippen LogP contribution in [0.4, 0.5) is 5.82 Å². The molecule has 2 atom stereocenters. The van der Waals surface area contributed by atoms with Crippen LogP contribution in [0.25, 0.3) is 6.08 Å². The van der Waals surface area contributed by atoms with Crippen molar-refractivity contribution in [3.8, 4) is 0 Å². The molecule has 0 bridgehead atoms. The van der Waals surface area contributed by atoms with E-state index in [1.165, 1.54) is 6.08 Å². The molecule has 2 N–H and O–H groups in total. The maximum absolute atomic E-state index is 12.2. The van der Waals surface area contributed by atoms with Crippen molar-refractivity contribution in [1.82, 2.24) is 4.98 Å². The summed E-state index contributed by atoms with van der Waals surface area (Å²) in [5.41, 5.74) is 0.477. The van der Waals surface area contributed by atoms with Crippen molar-refractivity contribution in [3.63, 3.8) is 0 Å². The third kappa shape index (κ3) is 4.13. The largest absolute Gasteiger partial charge is 0.478 e. The summed E-state index contributed by atoms with van der Waals surface area (Å²) in [6.45, 7) is 2.59. The quantitative estimate of drug-likeness (QED) is 0.809. The van der Waals surface area contributed by atoms with Crippen molar-refractivity contribution in [2.45, 2.75) is 25.9 Å². The number of carbonyl (C=O) groups excluding carboxylic acids is 1. The van der Waals surface area contributed by atoms with E-state index in [4.69, 9.17) is 9.84 Å². The smallest absolute Gasteiger partial charge is 0.328 e. The normalized spacial score (nSPS) is 21.6. The minimum absolute atomic E-state index is 0.0416. The molecule has 0 saturated carbocycles. The Balaban J connectivity index is 2.04. The van der Waals surface area contributed by atoms with Crippen LogP contribution in [0.15, 0.2) is 24.3 Å². The molecule has 112 valence electrons. The summed E-state index contributed by atoms with van der Waals surface area (Å²) < 4.78 is 5.50. The van der Waals surface area contributed by atoms with Gasteiger partial charge in [-0.2, -0.15) is 0 Å². The lowest BCUT2D eigenvalue weighted by molar-refractivity contribution is -0.131. The molecule has 2 rings (SSSR count). The summed E-state index contributed by atoms with van der Waals surface area (Å²) in [6.07, 6.45) is 3.85. The summed E-state index contributed by atoms with van der Waals surface area (Å²) in [5, 5.41) is 11.4. The summed E-state index contributed by atoms with van der Waals surface area (Å²) >= 11 is 0. The lowest BCUT2D eigenvalue weighted by Crippen LogP contribution is -2.29. The van der Waals surface area contributed by atoms with E-state index in [0.717, 1.165) is 12.5 Å². The highest BCUT2D eigenvalue weighted by atomic mass is 16.5. The van der Waals surface area contributed by atoms with Gasteiger partial charge in [0.05, 0.1) is 17.7 Å². The van der Waals surface area contributed by atoms with Crippen molar-refractivity contribution < 1.29 is 19.4 Å². The highest BCUT2D eigenvalue weighted by Crippen LogP contribution is 2.24. The summed E-state index contributed by atoms with van der Waals surface area (Å²) in [7, 11) is 0. The van der Waals surface area contributed by atoms with Gasteiger partial charge >= 0.3 is 5.97 Å². The van der Waals surface area contributed by atoms with Crippen LogP contribution in [0, 0.1) is 5.92 Å². The van der Waals surface area contributed by atoms with Gasteiger partial charge in [0.15, 0.2) is 0 Å². The molecule has 1 aliphatic heterocycles. The van der Waals surface area contributed by atoms with Crippen molar-refractivity contribution in [2.24, 2.45) is 5.92 Å². The van der Waals surface area contributed by atoms with Crippen LogP contribution in [0.3, 0.4) is 0 Å². The molecule has 6 heteroatoms. The van der Waals surface area contributed by atoms with Gasteiger partial charge in [-0.15, -0.1) is 0 Å². The van der Waals surface area contributed by atoms with Crippen molar-refractivity contribution in [3.05, 3.63) is 30.0 Å². The Morgan fingerprint density at radius 1 is 1.52 bits per heavy atom. The molecule has 1 saturated heterocycles. The predicted molar refractivity (Wildman–Crippen MR) is 77.7 cm³/mol. The third-order valence-electron chi connectivity index (χ3n) is 3.37. The van der Waals surface area contributed by atoms with Gasteiger partial charge in [-0.25, -0.2) is 9.78 Å². The van der Waals surface area contributed by atoms with Gasteiger partial charge in [0, 0.05) is 12.7 Å². The Morgan fingerprint density at radius 3 is 3.05 bits per heavy atom. The van der Waals surface area contributed by atoms with E-state index < -0.39 is 5.97 Å². The van der Waals surface area contributed by atoms with E-state index in [1.54, 1.807) is 18.2 Å². The van der Waals surface area contributed by atoms with Crippen molar-refractivity contribution in [2.75, 3.05) is 11.9 Å². The van der Waals surface area contributed by atoms with E-state index in [2.05, 4.69) is 10.3 Å². The molecule has 2 heterocycles. The van der Waals surface area contributed by atoms with Crippen LogP contribution >= 0.6 is 0 Å². The van der Waals surface area contributed by atoms with Gasteiger partial charge in [-0.3, -0.25) is 4.79 Å². The van der Waals surface area contributed by atoms with Crippen LogP contribution in [-0.4, -0.2) is 34.7 Å². The van der Waals surface area contributed by atoms with E-state index in [1.807, 2.05) is 6.92 Å². The number of aliphatic carboxylic acids is 1. The number of rotatable bonds is 5. The average Bonchev–Trinajstić information content (AvgIpc) is 2.94. The molecule has 0 aromatic carbocycles. The number of amides is 1. The SMILES string of the molecule is CCC1OCCC1C(=O)Nc1cccc(/C=C/C(=O)O)n1. The number of carbonyl (C=O) groups is 2. The molecular formula is C15H18N2O4. The zero-order valence-corrected chi connectivity index (χ0v) is 11.8. The second kappa shape index (κ2) is 6.99. The molecule has 21 heavy (non-hydrogen) atoms. The first kappa shape index (κ1) is 15.2. The molecule has 1 fully saturated rings. The first-order valence-corrected chi connectivity index (χ1v) is 6.90. The maximum Gasteiger partial charge on any atom is 0.328 e. The second-order valence-corrected chi connectivity index (χ2v) is 4.82. The number of nitrogens with zero attached hydrogens (tertiary/aromatic N) is 1. The van der Waals surface area contributed by atoms with Gasteiger partial charge in [0.1, 0.15) is 5.82 Å². The topological polar surface area (TPSA) is 88.5 Å². The standard InChI is InChI=1S/C15H18N2O4/c1-2-12-11(8-9-21-12)15(20)17-13-5-3-4-10(16-13)6-7-14(18)19/h3-7,11-12H,2,8-9H2,1H3,(H,18,19)(H,16,17,20)/b7-6+. The summed E-state index contributed by atoms with van der Waals surface area (Å²) in [6, 6.07) is 5.06. The molecule has 0 aliphatic carbocycles.